The van der Waals surface area contributed by atoms with Crippen molar-refractivity contribution in [3.63, 3.8) is 0 Å². The Balaban J connectivity index is 2.56. The molecule has 1 atom stereocenters. The smallest absolute Gasteiger partial charge is 0.312 e. The highest BCUT2D eigenvalue weighted by molar-refractivity contribution is 5.78. The number of benzene rings is 1. The van der Waals surface area contributed by atoms with Crippen LogP contribution in [0.1, 0.15) is 11.5 Å². The van der Waals surface area contributed by atoms with E-state index in [4.69, 9.17) is 5.11 Å². The number of hydrogen-bond acceptors (Lipinski definition) is 3. The zero-order chi connectivity index (χ0) is 13.5. The van der Waals surface area contributed by atoms with E-state index in [-0.39, 0.29) is 19.0 Å². The van der Waals surface area contributed by atoms with Gasteiger partial charge in [0.2, 0.25) is 5.91 Å². The molecule has 98 valence electrons. The minimum atomic E-state index is -0.897. The van der Waals surface area contributed by atoms with E-state index in [0.717, 1.165) is 5.56 Å². The maximum Gasteiger partial charge on any atom is 0.312 e. The first-order valence-corrected chi connectivity index (χ1v) is 5.71. The van der Waals surface area contributed by atoms with Crippen molar-refractivity contribution in [1.82, 2.24) is 10.2 Å². The third kappa shape index (κ3) is 4.18. The van der Waals surface area contributed by atoms with Crippen LogP contribution in [0.5, 0.6) is 0 Å². The van der Waals surface area contributed by atoms with Gasteiger partial charge in [-0.25, -0.2) is 0 Å². The molecule has 0 radical (unpaired) electrons. The van der Waals surface area contributed by atoms with Crippen LogP contribution in [0.3, 0.4) is 0 Å². The lowest BCUT2D eigenvalue weighted by Gasteiger charge is -2.15. The summed E-state index contributed by atoms with van der Waals surface area (Å²) in [5, 5.41) is 12.0. The fourth-order valence-corrected chi connectivity index (χ4v) is 1.51. The first-order chi connectivity index (χ1) is 8.52. The molecule has 1 unspecified atom stereocenters. The average molecular weight is 250 g/mol. The van der Waals surface area contributed by atoms with Crippen LogP contribution in [0.2, 0.25) is 0 Å². The molecule has 18 heavy (non-hydrogen) atoms. The van der Waals surface area contributed by atoms with Crippen molar-refractivity contribution >= 4 is 11.9 Å². The molecule has 0 saturated heterocycles. The molecule has 1 rings (SSSR count). The lowest BCUT2D eigenvalue weighted by Crippen LogP contribution is -2.36. The number of nitrogens with one attached hydrogen (secondary N) is 1. The van der Waals surface area contributed by atoms with Crippen molar-refractivity contribution in [3.8, 4) is 0 Å². The summed E-state index contributed by atoms with van der Waals surface area (Å²) < 4.78 is 0. The van der Waals surface area contributed by atoms with Crippen molar-refractivity contribution < 1.29 is 14.7 Å². The highest BCUT2D eigenvalue weighted by atomic mass is 16.4. The van der Waals surface area contributed by atoms with Crippen LogP contribution in [0.4, 0.5) is 0 Å². The van der Waals surface area contributed by atoms with Crippen LogP contribution in [0.15, 0.2) is 30.3 Å². The van der Waals surface area contributed by atoms with Gasteiger partial charge in [0, 0.05) is 20.6 Å². The molecule has 0 aromatic heterocycles. The van der Waals surface area contributed by atoms with E-state index in [0.29, 0.717) is 0 Å². The Morgan fingerprint density at radius 2 is 1.89 bits per heavy atom. The highest BCUT2D eigenvalue weighted by Gasteiger charge is 2.19. The van der Waals surface area contributed by atoms with Crippen molar-refractivity contribution in [1.29, 1.82) is 0 Å². The topological polar surface area (TPSA) is 69.6 Å². The first-order valence-electron chi connectivity index (χ1n) is 5.71. The largest absolute Gasteiger partial charge is 0.481 e. The number of carboxylic acid groups (broad SMARTS) is 1. The highest BCUT2D eigenvalue weighted by Crippen LogP contribution is 2.14. The number of carbonyl (C=O) groups is 2. The van der Waals surface area contributed by atoms with Gasteiger partial charge in [-0.05, 0) is 5.56 Å². The van der Waals surface area contributed by atoms with Gasteiger partial charge >= 0.3 is 5.97 Å². The molecule has 0 fully saturated rings. The molecule has 0 bridgehead atoms. The summed E-state index contributed by atoms with van der Waals surface area (Å²) in [5.41, 5.74) is 0.731. The van der Waals surface area contributed by atoms with Crippen molar-refractivity contribution in [2.75, 3.05) is 27.2 Å². The number of rotatable bonds is 6. The summed E-state index contributed by atoms with van der Waals surface area (Å²) in [4.78, 5) is 24.0. The SMILES string of the molecule is CN(C)C(=O)CNCC(C(=O)O)c1ccccc1. The second kappa shape index (κ2) is 6.76. The third-order valence-electron chi connectivity index (χ3n) is 2.62. The van der Waals surface area contributed by atoms with E-state index >= 15 is 0 Å². The van der Waals surface area contributed by atoms with Crippen molar-refractivity contribution in [2.45, 2.75) is 5.92 Å². The van der Waals surface area contributed by atoms with Gasteiger partial charge in [-0.15, -0.1) is 0 Å². The van der Waals surface area contributed by atoms with Crippen LogP contribution < -0.4 is 5.32 Å². The fourth-order valence-electron chi connectivity index (χ4n) is 1.51. The molecule has 0 aliphatic rings. The normalized spacial score (nSPS) is 11.9. The average Bonchev–Trinajstić information content (AvgIpc) is 2.34. The number of carboxylic acids is 1. The zero-order valence-electron chi connectivity index (χ0n) is 10.6. The molecular formula is C13H18N2O3. The molecule has 0 saturated carbocycles. The van der Waals surface area contributed by atoms with E-state index < -0.39 is 11.9 Å². The standard InChI is InChI=1S/C13H18N2O3/c1-15(2)12(16)9-14-8-11(13(17)18)10-6-4-3-5-7-10/h3-7,11,14H,8-9H2,1-2H3,(H,17,18). The van der Waals surface area contributed by atoms with E-state index in [1.807, 2.05) is 6.07 Å². The minimum absolute atomic E-state index is 0.0767. The number of carbonyl (C=O) groups excluding carboxylic acids is 1. The molecule has 1 aromatic carbocycles. The summed E-state index contributed by atoms with van der Waals surface area (Å²) in [7, 11) is 3.33. The lowest BCUT2D eigenvalue weighted by molar-refractivity contribution is -0.139. The molecule has 0 aliphatic heterocycles. The zero-order valence-corrected chi connectivity index (χ0v) is 10.6. The van der Waals surface area contributed by atoms with Crippen molar-refractivity contribution in [2.24, 2.45) is 0 Å². The molecule has 0 aliphatic carbocycles. The number of hydrogen-bond donors (Lipinski definition) is 2. The van der Waals surface area contributed by atoms with Crippen LogP contribution in [-0.2, 0) is 9.59 Å². The number of likely N-dealkylation sites (N-methyl/N-ethyl adjacent to an activating group) is 1. The fraction of sp³-hybridized carbons (Fsp3) is 0.385. The Morgan fingerprint density at radius 3 is 2.39 bits per heavy atom. The summed E-state index contributed by atoms with van der Waals surface area (Å²) in [6.07, 6.45) is 0. The van der Waals surface area contributed by atoms with E-state index in [9.17, 15) is 9.59 Å². The molecule has 2 N–H and O–H groups in total. The Morgan fingerprint density at radius 1 is 1.28 bits per heavy atom. The van der Waals surface area contributed by atoms with Gasteiger partial charge in [0.1, 0.15) is 0 Å². The quantitative estimate of drug-likeness (QED) is 0.773. The number of nitrogens with zero attached hydrogens (tertiary/aromatic N) is 1. The van der Waals surface area contributed by atoms with Gasteiger partial charge in [0.25, 0.3) is 0 Å². The van der Waals surface area contributed by atoms with Crippen LogP contribution in [0, 0.1) is 0 Å². The summed E-state index contributed by atoms with van der Waals surface area (Å²) in [6.45, 7) is 0.378. The predicted molar refractivity (Wildman–Crippen MR) is 68.4 cm³/mol. The minimum Gasteiger partial charge on any atom is -0.481 e. The molecule has 1 aromatic rings. The number of aliphatic carboxylic acids is 1. The summed E-state index contributed by atoms with van der Waals surface area (Å²) in [5.74, 6) is -1.61. The van der Waals surface area contributed by atoms with Crippen LogP contribution in [-0.4, -0.2) is 49.1 Å². The first kappa shape index (κ1) is 14.2. The second-order valence-electron chi connectivity index (χ2n) is 4.22. The molecule has 0 heterocycles. The second-order valence-corrected chi connectivity index (χ2v) is 4.22. The predicted octanol–water partition coefficient (Wildman–Crippen LogP) is 0.533. The molecule has 5 heteroatoms. The number of amides is 1. The maximum absolute atomic E-state index is 11.3. The Bertz CT molecular complexity index is 404. The van der Waals surface area contributed by atoms with Gasteiger partial charge in [-0.3, -0.25) is 9.59 Å². The molecule has 5 nitrogen and oxygen atoms in total. The molecular weight excluding hydrogens is 232 g/mol. The van der Waals surface area contributed by atoms with E-state index in [2.05, 4.69) is 5.32 Å². The molecule has 1 amide bonds. The van der Waals surface area contributed by atoms with Gasteiger partial charge < -0.3 is 15.3 Å². The summed E-state index contributed by atoms with van der Waals surface area (Å²) >= 11 is 0. The Kier molecular flexibility index (Phi) is 5.32. The van der Waals surface area contributed by atoms with Crippen LogP contribution in [0.25, 0.3) is 0 Å². The van der Waals surface area contributed by atoms with Crippen LogP contribution >= 0.6 is 0 Å². The third-order valence-corrected chi connectivity index (χ3v) is 2.62. The van der Waals surface area contributed by atoms with Crippen molar-refractivity contribution in [3.05, 3.63) is 35.9 Å². The van der Waals surface area contributed by atoms with Gasteiger partial charge in [-0.2, -0.15) is 0 Å². The van der Waals surface area contributed by atoms with E-state index in [1.165, 1.54) is 4.90 Å². The van der Waals surface area contributed by atoms with Gasteiger partial charge in [-0.1, -0.05) is 30.3 Å². The lowest BCUT2D eigenvalue weighted by atomic mass is 9.99. The monoisotopic (exact) mass is 250 g/mol. The maximum atomic E-state index is 11.3. The Hall–Kier alpha value is -1.88. The van der Waals surface area contributed by atoms with Gasteiger partial charge in [0.05, 0.1) is 12.5 Å². The van der Waals surface area contributed by atoms with E-state index in [1.54, 1.807) is 38.4 Å². The Labute approximate surface area is 106 Å². The summed E-state index contributed by atoms with van der Waals surface area (Å²) in [6, 6.07) is 8.99. The van der Waals surface area contributed by atoms with Gasteiger partial charge in [0.15, 0.2) is 0 Å². The molecule has 0 spiro atoms.